The molecule has 0 spiro atoms. The largest absolute Gasteiger partial charge is 0.494 e. The lowest BCUT2D eigenvalue weighted by atomic mass is 9.92. The van der Waals surface area contributed by atoms with Crippen molar-refractivity contribution in [3.05, 3.63) is 95.6 Å². The van der Waals surface area contributed by atoms with Crippen molar-refractivity contribution in [3.63, 3.8) is 0 Å². The van der Waals surface area contributed by atoms with Crippen LogP contribution in [-0.4, -0.2) is 67.5 Å². The molecule has 0 aromatic heterocycles. The molecule has 1 fully saturated rings. The number of amidine groups is 2. The first-order valence-electron chi connectivity index (χ1n) is 17.2. The number of carbonyl (C=O) groups is 2. The van der Waals surface area contributed by atoms with Gasteiger partial charge in [-0.05, 0) is 111 Å². The molecule has 0 saturated carbocycles. The molecule has 12 nitrogen and oxygen atoms in total. The van der Waals surface area contributed by atoms with Gasteiger partial charge in [-0.15, -0.1) is 0 Å². The molecule has 1 amide bonds. The SMILES string of the molecule is CC(C)[C@H](N)C(=O)O/N=C(\N)c1ccc(OCCCC2CCN(CCCOc3ccc(C(N)=NC(=O)OCc4ccccc4)cc3)CC2)cc1. The van der Waals surface area contributed by atoms with Crippen LogP contribution in [0.2, 0.25) is 0 Å². The second-order valence-electron chi connectivity index (χ2n) is 12.7. The molecule has 1 heterocycles. The molecule has 50 heavy (non-hydrogen) atoms. The molecule has 1 aliphatic heterocycles. The number of hydrogen-bond donors (Lipinski definition) is 3. The lowest BCUT2D eigenvalue weighted by Gasteiger charge is -2.32. The molecule has 3 aromatic carbocycles. The van der Waals surface area contributed by atoms with Crippen molar-refractivity contribution in [1.82, 2.24) is 4.90 Å². The number of hydrogen-bond acceptors (Lipinski definition) is 9. The van der Waals surface area contributed by atoms with Crippen molar-refractivity contribution < 1.29 is 28.6 Å². The van der Waals surface area contributed by atoms with Crippen LogP contribution in [0.4, 0.5) is 4.79 Å². The lowest BCUT2D eigenvalue weighted by molar-refractivity contribution is -0.146. The molecule has 6 N–H and O–H groups in total. The first kappa shape index (κ1) is 37.9. The summed E-state index contributed by atoms with van der Waals surface area (Å²) in [5.74, 6) is 1.72. The third kappa shape index (κ3) is 12.8. The van der Waals surface area contributed by atoms with Gasteiger partial charge in [0.1, 0.15) is 30.0 Å². The summed E-state index contributed by atoms with van der Waals surface area (Å²) in [6.45, 7) is 8.25. The Labute approximate surface area is 294 Å². The highest BCUT2D eigenvalue weighted by molar-refractivity contribution is 6.02. The van der Waals surface area contributed by atoms with E-state index >= 15 is 0 Å². The zero-order valence-electron chi connectivity index (χ0n) is 29.0. The van der Waals surface area contributed by atoms with E-state index in [1.165, 1.54) is 12.8 Å². The van der Waals surface area contributed by atoms with Crippen molar-refractivity contribution in [2.45, 2.75) is 58.6 Å². The molecule has 0 radical (unpaired) electrons. The van der Waals surface area contributed by atoms with Gasteiger partial charge in [0.2, 0.25) is 0 Å². The minimum Gasteiger partial charge on any atom is -0.494 e. The molecular formula is C38H50N6O6. The van der Waals surface area contributed by atoms with Gasteiger partial charge < -0.3 is 41.1 Å². The van der Waals surface area contributed by atoms with Gasteiger partial charge >= 0.3 is 12.1 Å². The number of amides is 1. The number of rotatable bonds is 17. The topological polar surface area (TPSA) is 177 Å². The molecule has 3 aromatic rings. The summed E-state index contributed by atoms with van der Waals surface area (Å²) >= 11 is 0. The maximum Gasteiger partial charge on any atom is 0.435 e. The van der Waals surface area contributed by atoms with E-state index in [9.17, 15) is 9.59 Å². The average Bonchev–Trinajstić information content (AvgIpc) is 3.14. The van der Waals surface area contributed by atoms with Crippen LogP contribution >= 0.6 is 0 Å². The number of piperidine rings is 1. The van der Waals surface area contributed by atoms with Crippen molar-refractivity contribution in [1.29, 1.82) is 0 Å². The number of oxime groups is 1. The zero-order valence-corrected chi connectivity index (χ0v) is 29.0. The molecule has 4 rings (SSSR count). The molecular weight excluding hydrogens is 636 g/mol. The Morgan fingerprint density at radius 2 is 1.40 bits per heavy atom. The fourth-order valence-corrected chi connectivity index (χ4v) is 5.38. The number of nitrogens with two attached hydrogens (primary N) is 3. The van der Waals surface area contributed by atoms with E-state index in [0.29, 0.717) is 30.3 Å². The van der Waals surface area contributed by atoms with E-state index in [1.54, 1.807) is 24.3 Å². The second kappa shape index (κ2) is 19.9. The summed E-state index contributed by atoms with van der Waals surface area (Å²) in [6.07, 6.45) is 4.71. The monoisotopic (exact) mass is 686 g/mol. The predicted molar refractivity (Wildman–Crippen MR) is 194 cm³/mol. The smallest absolute Gasteiger partial charge is 0.435 e. The van der Waals surface area contributed by atoms with E-state index in [4.69, 9.17) is 36.2 Å². The lowest BCUT2D eigenvalue weighted by Crippen LogP contribution is -2.36. The molecule has 1 aliphatic rings. The average molecular weight is 687 g/mol. The highest BCUT2D eigenvalue weighted by atomic mass is 16.7. The molecule has 1 atom stereocenters. The van der Waals surface area contributed by atoms with Crippen molar-refractivity contribution >= 4 is 23.7 Å². The first-order chi connectivity index (χ1) is 24.2. The number of carbonyl (C=O) groups excluding carboxylic acids is 2. The summed E-state index contributed by atoms with van der Waals surface area (Å²) < 4.78 is 17.0. The fourth-order valence-electron chi connectivity index (χ4n) is 5.38. The Bertz CT molecular complexity index is 1540. The third-order valence-corrected chi connectivity index (χ3v) is 8.56. The van der Waals surface area contributed by atoms with E-state index in [2.05, 4.69) is 15.0 Å². The number of aliphatic imine (C=N–C) groups is 1. The van der Waals surface area contributed by atoms with Crippen LogP contribution in [0.5, 0.6) is 11.5 Å². The maximum atomic E-state index is 12.0. The molecule has 0 aliphatic carbocycles. The highest BCUT2D eigenvalue weighted by Crippen LogP contribution is 2.23. The van der Waals surface area contributed by atoms with E-state index in [-0.39, 0.29) is 24.2 Å². The Hall–Kier alpha value is -4.94. The van der Waals surface area contributed by atoms with Crippen molar-refractivity contribution in [2.75, 3.05) is 32.8 Å². The molecule has 12 heteroatoms. The summed E-state index contributed by atoms with van der Waals surface area (Å²) in [5, 5.41) is 3.71. The van der Waals surface area contributed by atoms with Gasteiger partial charge in [-0.2, -0.15) is 4.99 Å². The van der Waals surface area contributed by atoms with Gasteiger partial charge in [0.15, 0.2) is 5.84 Å². The Morgan fingerprint density at radius 1 is 0.820 bits per heavy atom. The summed E-state index contributed by atoms with van der Waals surface area (Å²) in [6, 6.07) is 23.1. The van der Waals surface area contributed by atoms with Crippen LogP contribution in [0.1, 0.15) is 62.6 Å². The number of likely N-dealkylation sites (tertiary alicyclic amines) is 1. The van der Waals surface area contributed by atoms with Gasteiger partial charge in [-0.3, -0.25) is 0 Å². The molecule has 268 valence electrons. The van der Waals surface area contributed by atoms with Crippen molar-refractivity contribution in [2.24, 2.45) is 39.2 Å². The molecule has 0 bridgehead atoms. The third-order valence-electron chi connectivity index (χ3n) is 8.56. The van der Waals surface area contributed by atoms with Crippen LogP contribution in [0.25, 0.3) is 0 Å². The predicted octanol–water partition coefficient (Wildman–Crippen LogP) is 5.22. The zero-order chi connectivity index (χ0) is 35.7. The number of ether oxygens (including phenoxy) is 3. The van der Waals surface area contributed by atoms with E-state index < -0.39 is 18.1 Å². The Kier molecular flexibility index (Phi) is 15.1. The Morgan fingerprint density at radius 3 is 2.00 bits per heavy atom. The fraction of sp³-hybridized carbons (Fsp3) is 0.421. The quantitative estimate of drug-likeness (QED) is 0.0561. The van der Waals surface area contributed by atoms with Crippen LogP contribution in [0, 0.1) is 11.8 Å². The van der Waals surface area contributed by atoms with Crippen molar-refractivity contribution in [3.8, 4) is 11.5 Å². The minimum atomic E-state index is -0.751. The Balaban J connectivity index is 1.04. The summed E-state index contributed by atoms with van der Waals surface area (Å²) in [4.78, 5) is 35.1. The summed E-state index contributed by atoms with van der Waals surface area (Å²) in [7, 11) is 0. The van der Waals surface area contributed by atoms with Gasteiger partial charge in [-0.25, -0.2) is 9.59 Å². The first-order valence-corrected chi connectivity index (χ1v) is 17.2. The van der Waals surface area contributed by atoms with Crippen LogP contribution in [0.3, 0.4) is 0 Å². The second-order valence-corrected chi connectivity index (χ2v) is 12.7. The van der Waals surface area contributed by atoms with Crippen LogP contribution < -0.4 is 26.7 Å². The van der Waals surface area contributed by atoms with Gasteiger partial charge in [-0.1, -0.05) is 49.3 Å². The van der Waals surface area contributed by atoms with E-state index in [1.807, 2.05) is 68.4 Å². The molecule has 0 unspecified atom stereocenters. The van der Waals surface area contributed by atoms with E-state index in [0.717, 1.165) is 56.0 Å². The van der Waals surface area contributed by atoms with Crippen LogP contribution in [-0.2, 0) is 21.0 Å². The number of benzene rings is 3. The van der Waals surface area contributed by atoms with Gasteiger partial charge in [0, 0.05) is 17.7 Å². The molecule has 1 saturated heterocycles. The standard InChI is InChI=1S/C38H50N6O6/c1-27(2)34(39)37(45)50-43-36(41)31-13-17-32(18-14-31)47-24-6-10-28-19-22-44(23-20-28)21-7-25-48-33-15-11-30(12-16-33)35(40)42-38(46)49-26-29-8-4-3-5-9-29/h3-5,8-9,11-18,27-28,34H,6-7,10,19-26,39H2,1-2H3,(H2,41,43)(H2,40,42,46)/t34-/m0/s1. The number of nitrogens with zero attached hydrogens (tertiary/aromatic N) is 3. The maximum absolute atomic E-state index is 12.0. The van der Waals surface area contributed by atoms with Crippen LogP contribution in [0.15, 0.2) is 89.0 Å². The van der Waals surface area contributed by atoms with Gasteiger partial charge in [0.25, 0.3) is 0 Å². The normalized spacial score (nSPS) is 15.0. The minimum absolute atomic E-state index is 0.0559. The summed E-state index contributed by atoms with van der Waals surface area (Å²) in [5.41, 5.74) is 19.9. The highest BCUT2D eigenvalue weighted by Gasteiger charge is 2.20. The van der Waals surface area contributed by atoms with Gasteiger partial charge in [0.05, 0.1) is 13.2 Å².